The quantitative estimate of drug-likeness (QED) is 0.634. The Morgan fingerprint density at radius 2 is 2.24 bits per heavy atom. The standard InChI is InChI=1S/C11H19N3OS2/c1-7-10(17-9(3)13-7)8(2)14-11(16)12-5-6-15-4/h8H,5-6H2,1-4H3,(H2,12,14,16). The van der Waals surface area contributed by atoms with Gasteiger partial charge in [-0.25, -0.2) is 4.98 Å². The van der Waals surface area contributed by atoms with Crippen molar-refractivity contribution in [2.75, 3.05) is 20.3 Å². The Hall–Kier alpha value is -0.720. The first-order chi connectivity index (χ1) is 8.04. The molecule has 1 aromatic rings. The predicted molar refractivity (Wildman–Crippen MR) is 75.6 cm³/mol. The van der Waals surface area contributed by atoms with Gasteiger partial charge >= 0.3 is 0 Å². The van der Waals surface area contributed by atoms with E-state index in [1.807, 2.05) is 13.8 Å². The van der Waals surface area contributed by atoms with Gasteiger partial charge in [-0.3, -0.25) is 0 Å². The molecule has 0 aliphatic rings. The number of nitrogens with zero attached hydrogens (tertiary/aromatic N) is 1. The lowest BCUT2D eigenvalue weighted by atomic mass is 10.2. The zero-order valence-electron chi connectivity index (χ0n) is 10.7. The molecule has 0 fully saturated rings. The molecule has 4 nitrogen and oxygen atoms in total. The van der Waals surface area contributed by atoms with E-state index in [4.69, 9.17) is 17.0 Å². The molecular formula is C11H19N3OS2. The molecule has 96 valence electrons. The van der Waals surface area contributed by atoms with Crippen molar-refractivity contribution in [1.29, 1.82) is 0 Å². The largest absolute Gasteiger partial charge is 0.383 e. The van der Waals surface area contributed by atoms with Gasteiger partial charge in [0, 0.05) is 18.5 Å². The van der Waals surface area contributed by atoms with Gasteiger partial charge in [-0.05, 0) is 33.0 Å². The molecule has 0 aromatic carbocycles. The van der Waals surface area contributed by atoms with E-state index in [1.54, 1.807) is 18.4 Å². The maximum absolute atomic E-state index is 5.20. The fraction of sp³-hybridized carbons (Fsp3) is 0.636. The second-order valence-electron chi connectivity index (χ2n) is 3.80. The number of aryl methyl sites for hydroxylation is 2. The summed E-state index contributed by atoms with van der Waals surface area (Å²) in [6.07, 6.45) is 0. The Labute approximate surface area is 112 Å². The second kappa shape index (κ2) is 6.88. The van der Waals surface area contributed by atoms with Crippen LogP contribution in [0.5, 0.6) is 0 Å². The molecule has 0 saturated heterocycles. The van der Waals surface area contributed by atoms with Crippen molar-refractivity contribution in [2.24, 2.45) is 0 Å². The van der Waals surface area contributed by atoms with Crippen molar-refractivity contribution < 1.29 is 4.74 Å². The first-order valence-corrected chi connectivity index (χ1v) is 6.74. The molecule has 0 radical (unpaired) electrons. The third-order valence-electron chi connectivity index (χ3n) is 2.27. The lowest BCUT2D eigenvalue weighted by Crippen LogP contribution is -2.38. The van der Waals surface area contributed by atoms with Gasteiger partial charge in [0.15, 0.2) is 5.11 Å². The minimum atomic E-state index is 0.184. The number of thiocarbonyl (C=S) groups is 1. The third-order valence-corrected chi connectivity index (χ3v) is 3.79. The van der Waals surface area contributed by atoms with E-state index >= 15 is 0 Å². The van der Waals surface area contributed by atoms with Gasteiger partial charge in [0.1, 0.15) is 0 Å². The SMILES string of the molecule is COCCNC(=S)NC(C)c1sc(C)nc1C. The zero-order valence-corrected chi connectivity index (χ0v) is 12.3. The third kappa shape index (κ3) is 4.57. The molecule has 0 aliphatic heterocycles. The molecule has 1 unspecified atom stereocenters. The van der Waals surface area contributed by atoms with Gasteiger partial charge in [0.05, 0.1) is 23.4 Å². The summed E-state index contributed by atoms with van der Waals surface area (Å²) in [5.41, 5.74) is 1.08. The Morgan fingerprint density at radius 1 is 1.53 bits per heavy atom. The number of thiazole rings is 1. The number of hydrogen-bond donors (Lipinski definition) is 2. The molecule has 0 amide bonds. The molecule has 6 heteroatoms. The summed E-state index contributed by atoms with van der Waals surface area (Å²) in [5, 5.41) is 8.07. The highest BCUT2D eigenvalue weighted by Crippen LogP contribution is 2.24. The molecule has 1 aromatic heterocycles. The van der Waals surface area contributed by atoms with E-state index in [9.17, 15) is 0 Å². The van der Waals surface area contributed by atoms with Crippen LogP contribution < -0.4 is 10.6 Å². The number of rotatable bonds is 5. The van der Waals surface area contributed by atoms with Crippen LogP contribution in [0, 0.1) is 13.8 Å². The van der Waals surface area contributed by atoms with E-state index in [0.29, 0.717) is 11.7 Å². The van der Waals surface area contributed by atoms with Crippen molar-refractivity contribution >= 4 is 28.7 Å². The molecular weight excluding hydrogens is 254 g/mol. The lowest BCUT2D eigenvalue weighted by Gasteiger charge is -2.16. The number of hydrogen-bond acceptors (Lipinski definition) is 4. The summed E-state index contributed by atoms with van der Waals surface area (Å²) >= 11 is 6.91. The molecule has 0 saturated carbocycles. The number of aromatic nitrogens is 1. The highest BCUT2D eigenvalue weighted by molar-refractivity contribution is 7.80. The minimum absolute atomic E-state index is 0.184. The Balaban J connectivity index is 2.46. The second-order valence-corrected chi connectivity index (χ2v) is 5.44. The molecule has 1 rings (SSSR count). The summed E-state index contributed by atoms with van der Waals surface area (Å²) in [4.78, 5) is 5.64. The summed E-state index contributed by atoms with van der Waals surface area (Å²) in [5.74, 6) is 0. The first kappa shape index (κ1) is 14.3. The summed E-state index contributed by atoms with van der Waals surface area (Å²) in [6.45, 7) is 7.50. The maximum Gasteiger partial charge on any atom is 0.166 e. The Bertz CT molecular complexity index is 379. The van der Waals surface area contributed by atoms with Crippen LogP contribution in [-0.4, -0.2) is 30.4 Å². The van der Waals surface area contributed by atoms with E-state index in [1.165, 1.54) is 4.88 Å². The predicted octanol–water partition coefficient (Wildman–Crippen LogP) is 1.93. The zero-order chi connectivity index (χ0) is 12.8. The van der Waals surface area contributed by atoms with Gasteiger partial charge < -0.3 is 15.4 Å². The highest BCUT2D eigenvalue weighted by atomic mass is 32.1. The smallest absolute Gasteiger partial charge is 0.166 e. The van der Waals surface area contributed by atoms with Crippen LogP contribution in [0.4, 0.5) is 0 Å². The van der Waals surface area contributed by atoms with Crippen LogP contribution in [0.15, 0.2) is 0 Å². The van der Waals surface area contributed by atoms with Crippen LogP contribution in [0.2, 0.25) is 0 Å². The molecule has 2 N–H and O–H groups in total. The van der Waals surface area contributed by atoms with E-state index in [2.05, 4.69) is 22.5 Å². The van der Waals surface area contributed by atoms with Gasteiger partial charge in [0.2, 0.25) is 0 Å². The molecule has 0 bridgehead atoms. The fourth-order valence-electron chi connectivity index (χ4n) is 1.53. The Kier molecular flexibility index (Phi) is 5.80. The van der Waals surface area contributed by atoms with Crippen molar-refractivity contribution in [3.63, 3.8) is 0 Å². The highest BCUT2D eigenvalue weighted by Gasteiger charge is 2.13. The van der Waals surface area contributed by atoms with Crippen LogP contribution >= 0.6 is 23.6 Å². The first-order valence-electron chi connectivity index (χ1n) is 5.51. The molecule has 0 spiro atoms. The van der Waals surface area contributed by atoms with Crippen molar-refractivity contribution in [2.45, 2.75) is 26.8 Å². The summed E-state index contributed by atoms with van der Waals surface area (Å²) < 4.78 is 4.95. The van der Waals surface area contributed by atoms with Gasteiger partial charge in [0.25, 0.3) is 0 Å². The van der Waals surface area contributed by atoms with Crippen LogP contribution in [0.25, 0.3) is 0 Å². The summed E-state index contributed by atoms with van der Waals surface area (Å²) in [6, 6.07) is 0.184. The van der Waals surface area contributed by atoms with Crippen molar-refractivity contribution in [3.8, 4) is 0 Å². The van der Waals surface area contributed by atoms with Crippen LogP contribution in [0.1, 0.15) is 28.5 Å². The van der Waals surface area contributed by atoms with Crippen LogP contribution in [0.3, 0.4) is 0 Å². The van der Waals surface area contributed by atoms with Crippen molar-refractivity contribution in [1.82, 2.24) is 15.6 Å². The van der Waals surface area contributed by atoms with Gasteiger partial charge in [-0.1, -0.05) is 0 Å². The fourth-order valence-corrected chi connectivity index (χ4v) is 2.74. The normalized spacial score (nSPS) is 12.2. The van der Waals surface area contributed by atoms with Crippen molar-refractivity contribution in [3.05, 3.63) is 15.6 Å². The molecule has 1 heterocycles. The number of methoxy groups -OCH3 is 1. The molecule has 17 heavy (non-hydrogen) atoms. The van der Waals surface area contributed by atoms with E-state index in [-0.39, 0.29) is 6.04 Å². The van der Waals surface area contributed by atoms with E-state index < -0.39 is 0 Å². The average Bonchev–Trinajstić information content (AvgIpc) is 2.58. The number of nitrogens with one attached hydrogen (secondary N) is 2. The topological polar surface area (TPSA) is 46.2 Å². The van der Waals surface area contributed by atoms with E-state index in [0.717, 1.165) is 17.2 Å². The minimum Gasteiger partial charge on any atom is -0.383 e. The number of ether oxygens (including phenoxy) is 1. The maximum atomic E-state index is 5.20. The Morgan fingerprint density at radius 3 is 2.76 bits per heavy atom. The van der Waals surface area contributed by atoms with Crippen LogP contribution in [-0.2, 0) is 4.74 Å². The van der Waals surface area contributed by atoms with Gasteiger partial charge in [-0.2, -0.15) is 0 Å². The lowest BCUT2D eigenvalue weighted by molar-refractivity contribution is 0.204. The molecule has 0 aliphatic carbocycles. The molecule has 1 atom stereocenters. The summed E-state index contributed by atoms with van der Waals surface area (Å²) in [7, 11) is 1.67. The van der Waals surface area contributed by atoms with Gasteiger partial charge in [-0.15, -0.1) is 11.3 Å². The monoisotopic (exact) mass is 273 g/mol. The average molecular weight is 273 g/mol.